The molecule has 0 atom stereocenters. The molecule has 0 radical (unpaired) electrons. The zero-order chi connectivity index (χ0) is 21.6. The molecule has 0 unspecified atom stereocenters. The van der Waals surface area contributed by atoms with Crippen LogP contribution in [-0.2, 0) is 4.74 Å². The highest BCUT2D eigenvalue weighted by atomic mass is 16.5. The number of benzene rings is 2. The largest absolute Gasteiger partial charge is 0.388 e. The summed E-state index contributed by atoms with van der Waals surface area (Å²) in [5, 5.41) is 23.1. The van der Waals surface area contributed by atoms with Crippen LogP contribution < -0.4 is 15.5 Å². The maximum absolute atomic E-state index is 9.02. The Bertz CT molecular complexity index is 1120. The van der Waals surface area contributed by atoms with Gasteiger partial charge in [0.1, 0.15) is 5.82 Å². The van der Waals surface area contributed by atoms with Gasteiger partial charge in [0, 0.05) is 54.9 Å². The Labute approximate surface area is 181 Å². The van der Waals surface area contributed by atoms with Gasteiger partial charge in [-0.1, -0.05) is 12.1 Å². The van der Waals surface area contributed by atoms with E-state index in [0.717, 1.165) is 41.3 Å². The predicted molar refractivity (Wildman–Crippen MR) is 122 cm³/mol. The maximum atomic E-state index is 9.02. The quantitative estimate of drug-likeness (QED) is 0.529. The summed E-state index contributed by atoms with van der Waals surface area (Å²) in [7, 11) is 1.84. The first-order valence-electron chi connectivity index (χ1n) is 10.0. The van der Waals surface area contributed by atoms with E-state index >= 15 is 0 Å². The molecule has 156 valence electrons. The van der Waals surface area contributed by atoms with E-state index in [4.69, 9.17) is 25.4 Å². The molecule has 0 spiro atoms. The normalized spacial score (nSPS) is 13.4. The second kappa shape index (κ2) is 9.24. The molecule has 3 N–H and O–H groups in total. The highest BCUT2D eigenvalue weighted by Crippen LogP contribution is 2.28. The lowest BCUT2D eigenvalue weighted by Gasteiger charge is -2.27. The minimum atomic E-state index is 0.605. The molecule has 1 aliphatic heterocycles. The van der Waals surface area contributed by atoms with Crippen LogP contribution in [-0.4, -0.2) is 49.5 Å². The average molecular weight is 413 g/mol. The molecule has 0 bridgehead atoms. The highest BCUT2D eigenvalue weighted by Gasteiger charge is 2.17. The fourth-order valence-corrected chi connectivity index (χ4v) is 3.39. The van der Waals surface area contributed by atoms with Crippen LogP contribution in [0.15, 0.2) is 48.5 Å². The number of anilines is 4. The summed E-state index contributed by atoms with van der Waals surface area (Å²) in [4.78, 5) is 11.7. The Morgan fingerprint density at radius 3 is 2.55 bits per heavy atom. The van der Waals surface area contributed by atoms with Gasteiger partial charge in [0.15, 0.2) is 0 Å². The molecule has 2 aromatic carbocycles. The molecular weight excluding hydrogens is 390 g/mol. The molecule has 31 heavy (non-hydrogen) atoms. The fourth-order valence-electron chi connectivity index (χ4n) is 3.39. The van der Waals surface area contributed by atoms with Crippen molar-refractivity contribution in [3.05, 3.63) is 59.7 Å². The van der Waals surface area contributed by atoms with Crippen LogP contribution in [0.2, 0.25) is 0 Å². The number of nitriles is 1. The molecule has 3 aromatic rings. The Morgan fingerprint density at radius 1 is 1.10 bits per heavy atom. The van der Waals surface area contributed by atoms with Gasteiger partial charge in [-0.05, 0) is 30.3 Å². The standard InChI is InChI=1S/C23H23N7O/c1-26-20-12-17(4-5-18(20)15-25)21-13-22(27-19-6-2-16(14-24)3-7-19)29-23(28-21)30-8-10-31-11-9-30/h2-7,12-13,15,25-26H,8-11H2,1H3,(H,27,28,29). The zero-order valence-corrected chi connectivity index (χ0v) is 17.2. The van der Waals surface area contributed by atoms with E-state index in [2.05, 4.69) is 21.6 Å². The SMILES string of the molecule is CNc1cc(-c2cc(Nc3ccc(C#N)cc3)nc(N3CCOCC3)n2)ccc1C=N. The number of rotatable bonds is 6. The predicted octanol–water partition coefficient (Wildman–Crippen LogP) is 3.63. The summed E-state index contributed by atoms with van der Waals surface area (Å²) in [6.07, 6.45) is 1.33. The zero-order valence-electron chi connectivity index (χ0n) is 17.2. The van der Waals surface area contributed by atoms with Gasteiger partial charge in [-0.2, -0.15) is 10.2 Å². The second-order valence-electron chi connectivity index (χ2n) is 7.05. The Morgan fingerprint density at radius 2 is 1.87 bits per heavy atom. The monoisotopic (exact) mass is 413 g/mol. The van der Waals surface area contributed by atoms with Crippen LogP contribution in [0.3, 0.4) is 0 Å². The minimum Gasteiger partial charge on any atom is -0.388 e. The van der Waals surface area contributed by atoms with Gasteiger partial charge >= 0.3 is 0 Å². The highest BCUT2D eigenvalue weighted by molar-refractivity contribution is 5.88. The molecule has 1 aromatic heterocycles. The van der Waals surface area contributed by atoms with E-state index in [1.807, 2.05) is 43.4 Å². The van der Waals surface area contributed by atoms with E-state index in [1.54, 1.807) is 12.1 Å². The van der Waals surface area contributed by atoms with Crippen LogP contribution >= 0.6 is 0 Å². The number of morpholine rings is 1. The van der Waals surface area contributed by atoms with Crippen molar-refractivity contribution in [2.75, 3.05) is 48.9 Å². The first-order valence-corrected chi connectivity index (χ1v) is 10.0. The molecule has 1 saturated heterocycles. The van der Waals surface area contributed by atoms with Crippen LogP contribution in [0, 0.1) is 16.7 Å². The van der Waals surface area contributed by atoms with Gasteiger partial charge < -0.3 is 25.7 Å². The molecular formula is C23H23N7O. The summed E-state index contributed by atoms with van der Waals surface area (Å²) in [6, 6.07) is 17.1. The molecule has 0 saturated carbocycles. The van der Waals surface area contributed by atoms with Gasteiger partial charge in [-0.15, -0.1) is 0 Å². The Balaban J connectivity index is 1.74. The Kier molecular flexibility index (Phi) is 6.05. The van der Waals surface area contributed by atoms with Gasteiger partial charge in [0.05, 0.1) is 30.5 Å². The maximum Gasteiger partial charge on any atom is 0.228 e. The smallest absolute Gasteiger partial charge is 0.228 e. The number of nitrogens with zero attached hydrogens (tertiary/aromatic N) is 4. The summed E-state index contributed by atoms with van der Waals surface area (Å²) in [5.74, 6) is 1.30. The first-order chi connectivity index (χ1) is 15.2. The third kappa shape index (κ3) is 4.63. The third-order valence-corrected chi connectivity index (χ3v) is 5.07. The average Bonchev–Trinajstić information content (AvgIpc) is 2.84. The number of ether oxygens (including phenoxy) is 1. The molecule has 0 aliphatic carbocycles. The molecule has 4 rings (SSSR count). The molecule has 1 fully saturated rings. The number of nitrogens with one attached hydrogen (secondary N) is 3. The van der Waals surface area contributed by atoms with E-state index in [1.165, 1.54) is 6.21 Å². The van der Waals surface area contributed by atoms with Crippen molar-refractivity contribution >= 4 is 29.4 Å². The van der Waals surface area contributed by atoms with Crippen molar-refractivity contribution in [2.24, 2.45) is 0 Å². The van der Waals surface area contributed by atoms with Crippen molar-refractivity contribution in [3.8, 4) is 17.3 Å². The summed E-state index contributed by atoms with van der Waals surface area (Å²) < 4.78 is 5.47. The van der Waals surface area contributed by atoms with Crippen LogP contribution in [0.1, 0.15) is 11.1 Å². The van der Waals surface area contributed by atoms with E-state index in [9.17, 15) is 0 Å². The number of aromatic nitrogens is 2. The van der Waals surface area contributed by atoms with E-state index in [-0.39, 0.29) is 0 Å². The Hall–Kier alpha value is -3.96. The van der Waals surface area contributed by atoms with E-state index in [0.29, 0.717) is 30.5 Å². The van der Waals surface area contributed by atoms with E-state index < -0.39 is 0 Å². The second-order valence-corrected chi connectivity index (χ2v) is 7.05. The lowest BCUT2D eigenvalue weighted by atomic mass is 10.1. The summed E-state index contributed by atoms with van der Waals surface area (Å²) in [6.45, 7) is 2.75. The number of hydrogen-bond acceptors (Lipinski definition) is 8. The fraction of sp³-hybridized carbons (Fsp3) is 0.217. The van der Waals surface area contributed by atoms with Crippen LogP contribution in [0.5, 0.6) is 0 Å². The van der Waals surface area contributed by atoms with Crippen molar-refractivity contribution in [3.63, 3.8) is 0 Å². The van der Waals surface area contributed by atoms with Crippen molar-refractivity contribution in [1.82, 2.24) is 9.97 Å². The molecule has 2 heterocycles. The van der Waals surface area contributed by atoms with Crippen molar-refractivity contribution in [2.45, 2.75) is 0 Å². The molecule has 0 amide bonds. The molecule has 8 nitrogen and oxygen atoms in total. The lowest BCUT2D eigenvalue weighted by molar-refractivity contribution is 0.122. The van der Waals surface area contributed by atoms with Gasteiger partial charge in [0.2, 0.25) is 5.95 Å². The van der Waals surface area contributed by atoms with Crippen LogP contribution in [0.25, 0.3) is 11.3 Å². The van der Waals surface area contributed by atoms with Crippen LogP contribution in [0.4, 0.5) is 23.1 Å². The van der Waals surface area contributed by atoms with Gasteiger partial charge in [0.25, 0.3) is 0 Å². The lowest BCUT2D eigenvalue weighted by Crippen LogP contribution is -2.37. The van der Waals surface area contributed by atoms with Crippen molar-refractivity contribution < 1.29 is 4.74 Å². The third-order valence-electron chi connectivity index (χ3n) is 5.07. The summed E-state index contributed by atoms with van der Waals surface area (Å²) >= 11 is 0. The van der Waals surface area contributed by atoms with Gasteiger partial charge in [-0.25, -0.2) is 4.98 Å². The van der Waals surface area contributed by atoms with Crippen molar-refractivity contribution in [1.29, 1.82) is 10.7 Å². The van der Waals surface area contributed by atoms with Gasteiger partial charge in [-0.3, -0.25) is 0 Å². The molecule has 8 heteroatoms. The number of hydrogen-bond donors (Lipinski definition) is 3. The summed E-state index contributed by atoms with van der Waals surface area (Å²) in [5.41, 5.74) is 4.82. The minimum absolute atomic E-state index is 0.605. The molecule has 1 aliphatic rings. The first kappa shape index (κ1) is 20.3. The topological polar surface area (TPSA) is 110 Å².